The summed E-state index contributed by atoms with van der Waals surface area (Å²) < 4.78 is 4.35. The molecule has 0 radical (unpaired) electrons. The van der Waals surface area contributed by atoms with Crippen molar-refractivity contribution in [2.24, 2.45) is 0 Å². The first-order valence-corrected chi connectivity index (χ1v) is 11.6. The predicted molar refractivity (Wildman–Crippen MR) is 115 cm³/mol. The van der Waals surface area contributed by atoms with Crippen LogP contribution in [0.15, 0.2) is 24.3 Å². The van der Waals surface area contributed by atoms with Crippen LogP contribution in [0.2, 0.25) is 0 Å². The maximum absolute atomic E-state index is 2.48. The first-order chi connectivity index (χ1) is 8.73. The SMILES string of the molecule is ICc1cc(CI)c2cc(CI)cc(CI)c2c1. The van der Waals surface area contributed by atoms with E-state index in [-0.39, 0.29) is 0 Å². The van der Waals surface area contributed by atoms with Crippen LogP contribution in [0.25, 0.3) is 10.8 Å². The number of hydrogen-bond acceptors (Lipinski definition) is 0. The zero-order valence-corrected chi connectivity index (χ0v) is 18.3. The molecular weight excluding hydrogens is 676 g/mol. The number of benzene rings is 2. The Balaban J connectivity index is 2.80. The minimum atomic E-state index is 1.09. The zero-order valence-electron chi connectivity index (χ0n) is 9.65. The maximum Gasteiger partial charge on any atom is 0.0253 e. The third-order valence-corrected chi connectivity index (χ3v) is 6.36. The number of halogens is 4. The van der Waals surface area contributed by atoms with Gasteiger partial charge in [0, 0.05) is 17.7 Å². The van der Waals surface area contributed by atoms with Gasteiger partial charge in [-0.1, -0.05) is 115 Å². The Bertz CT molecular complexity index is 512. The Morgan fingerprint density at radius 3 is 1.22 bits per heavy atom. The highest BCUT2D eigenvalue weighted by Crippen LogP contribution is 2.30. The molecule has 0 saturated heterocycles. The van der Waals surface area contributed by atoms with Gasteiger partial charge in [-0.3, -0.25) is 0 Å². The Hall–Kier alpha value is 1.62. The van der Waals surface area contributed by atoms with Crippen LogP contribution >= 0.6 is 90.4 Å². The van der Waals surface area contributed by atoms with E-state index in [0.29, 0.717) is 0 Å². The highest BCUT2D eigenvalue weighted by molar-refractivity contribution is 14.1. The molecular formula is C14H12I4. The smallest absolute Gasteiger partial charge is 0.0253 e. The molecule has 2 aromatic rings. The van der Waals surface area contributed by atoms with Gasteiger partial charge in [0.05, 0.1) is 0 Å². The lowest BCUT2D eigenvalue weighted by Crippen LogP contribution is -1.92. The fraction of sp³-hybridized carbons (Fsp3) is 0.286. The van der Waals surface area contributed by atoms with Crippen molar-refractivity contribution in [3.05, 3.63) is 46.5 Å². The van der Waals surface area contributed by atoms with E-state index in [2.05, 4.69) is 115 Å². The summed E-state index contributed by atoms with van der Waals surface area (Å²) in [5.74, 6) is 0. The average molecular weight is 688 g/mol. The van der Waals surface area contributed by atoms with Crippen molar-refractivity contribution in [3.63, 3.8) is 0 Å². The van der Waals surface area contributed by atoms with Crippen molar-refractivity contribution in [3.8, 4) is 0 Å². The van der Waals surface area contributed by atoms with Gasteiger partial charge in [-0.2, -0.15) is 0 Å². The number of fused-ring (bicyclic) bond motifs is 1. The molecule has 2 rings (SSSR count). The van der Waals surface area contributed by atoms with E-state index in [1.165, 1.54) is 33.0 Å². The highest BCUT2D eigenvalue weighted by Gasteiger charge is 2.08. The van der Waals surface area contributed by atoms with E-state index >= 15 is 0 Å². The van der Waals surface area contributed by atoms with Gasteiger partial charge < -0.3 is 0 Å². The molecule has 0 amide bonds. The molecule has 0 N–H and O–H groups in total. The topological polar surface area (TPSA) is 0 Å². The van der Waals surface area contributed by atoms with Crippen LogP contribution in [0.5, 0.6) is 0 Å². The van der Waals surface area contributed by atoms with Crippen molar-refractivity contribution in [1.82, 2.24) is 0 Å². The Labute approximate surface area is 163 Å². The monoisotopic (exact) mass is 688 g/mol. The average Bonchev–Trinajstić information content (AvgIpc) is 2.44. The predicted octanol–water partition coefficient (Wildman–Crippen LogP) is 6.58. The van der Waals surface area contributed by atoms with Crippen LogP contribution in [0, 0.1) is 0 Å². The Morgan fingerprint density at radius 2 is 0.944 bits per heavy atom. The molecule has 0 atom stereocenters. The van der Waals surface area contributed by atoms with Crippen molar-refractivity contribution < 1.29 is 0 Å². The molecule has 0 aliphatic heterocycles. The quantitative estimate of drug-likeness (QED) is 0.252. The van der Waals surface area contributed by atoms with Gasteiger partial charge in [0.1, 0.15) is 0 Å². The van der Waals surface area contributed by atoms with Crippen molar-refractivity contribution in [2.45, 2.75) is 17.7 Å². The van der Waals surface area contributed by atoms with Gasteiger partial charge in [0.25, 0.3) is 0 Å². The summed E-state index contributed by atoms with van der Waals surface area (Å²) in [5.41, 5.74) is 5.86. The molecule has 2 aromatic carbocycles. The number of rotatable bonds is 4. The van der Waals surface area contributed by atoms with E-state index < -0.39 is 0 Å². The summed E-state index contributed by atoms with van der Waals surface area (Å²) in [6.45, 7) is 0. The molecule has 0 aliphatic carbocycles. The fourth-order valence-electron chi connectivity index (χ4n) is 2.12. The normalized spacial score (nSPS) is 11.1. The molecule has 96 valence electrons. The van der Waals surface area contributed by atoms with Crippen LogP contribution in [0.4, 0.5) is 0 Å². The lowest BCUT2D eigenvalue weighted by Gasteiger charge is -2.12. The van der Waals surface area contributed by atoms with Gasteiger partial charge in [-0.15, -0.1) is 0 Å². The zero-order chi connectivity index (χ0) is 13.1. The maximum atomic E-state index is 2.48. The van der Waals surface area contributed by atoms with Crippen molar-refractivity contribution >= 4 is 101 Å². The van der Waals surface area contributed by atoms with Gasteiger partial charge in [0.2, 0.25) is 0 Å². The van der Waals surface area contributed by atoms with Gasteiger partial charge in [-0.05, 0) is 33.0 Å². The molecule has 0 aromatic heterocycles. The summed E-state index contributed by atoms with van der Waals surface area (Å²) in [4.78, 5) is 0. The largest absolute Gasteiger partial charge is 0.0812 e. The molecule has 0 spiro atoms. The summed E-state index contributed by atoms with van der Waals surface area (Å²) in [6.07, 6.45) is 0. The lowest BCUT2D eigenvalue weighted by atomic mass is 9.97. The molecule has 0 aliphatic rings. The summed E-state index contributed by atoms with van der Waals surface area (Å²) in [7, 11) is 0. The first-order valence-electron chi connectivity index (χ1n) is 5.54. The lowest BCUT2D eigenvalue weighted by molar-refractivity contribution is 1.36. The molecule has 4 heteroatoms. The third kappa shape index (κ3) is 3.44. The third-order valence-electron chi connectivity index (χ3n) is 2.96. The van der Waals surface area contributed by atoms with E-state index in [1.54, 1.807) is 0 Å². The molecule has 18 heavy (non-hydrogen) atoms. The Morgan fingerprint density at radius 1 is 0.556 bits per heavy atom. The summed E-state index contributed by atoms with van der Waals surface area (Å²) in [5, 5.41) is 2.91. The second kappa shape index (κ2) is 7.58. The minimum Gasteiger partial charge on any atom is -0.0812 e. The van der Waals surface area contributed by atoms with Crippen molar-refractivity contribution in [2.75, 3.05) is 0 Å². The van der Waals surface area contributed by atoms with E-state index in [4.69, 9.17) is 0 Å². The van der Waals surface area contributed by atoms with Crippen LogP contribution in [-0.4, -0.2) is 0 Å². The van der Waals surface area contributed by atoms with Gasteiger partial charge in [-0.25, -0.2) is 0 Å². The fourth-order valence-corrected chi connectivity index (χ4v) is 4.26. The molecule has 0 fully saturated rings. The molecule has 0 unspecified atom stereocenters. The van der Waals surface area contributed by atoms with Crippen LogP contribution in [-0.2, 0) is 17.7 Å². The van der Waals surface area contributed by atoms with Crippen LogP contribution in [0.3, 0.4) is 0 Å². The second-order valence-corrected chi connectivity index (χ2v) is 7.19. The minimum absolute atomic E-state index is 1.09. The highest BCUT2D eigenvalue weighted by atomic mass is 127. The molecule has 0 heterocycles. The number of hydrogen-bond donors (Lipinski definition) is 0. The van der Waals surface area contributed by atoms with Gasteiger partial charge in [0.15, 0.2) is 0 Å². The van der Waals surface area contributed by atoms with E-state index in [0.717, 1.165) is 17.7 Å². The molecule has 0 saturated carbocycles. The van der Waals surface area contributed by atoms with E-state index in [1.807, 2.05) is 0 Å². The van der Waals surface area contributed by atoms with Crippen molar-refractivity contribution in [1.29, 1.82) is 0 Å². The molecule has 0 bridgehead atoms. The summed E-state index contributed by atoms with van der Waals surface area (Å²) >= 11 is 9.85. The molecule has 0 nitrogen and oxygen atoms in total. The van der Waals surface area contributed by atoms with Crippen LogP contribution in [0.1, 0.15) is 22.3 Å². The van der Waals surface area contributed by atoms with Gasteiger partial charge >= 0.3 is 0 Å². The number of alkyl halides is 4. The van der Waals surface area contributed by atoms with Crippen LogP contribution < -0.4 is 0 Å². The van der Waals surface area contributed by atoms with E-state index in [9.17, 15) is 0 Å². The second-order valence-electron chi connectivity index (χ2n) is 4.14. The summed E-state index contributed by atoms with van der Waals surface area (Å²) in [6, 6.07) is 9.50. The first kappa shape index (κ1) is 16.0. The Kier molecular flexibility index (Phi) is 6.74. The standard InChI is InChI=1S/C14H12I4/c15-5-9-1-11(7-17)13-4-10(6-16)2-12(8-18)14(13)3-9/h1-4H,5-8H2.